The van der Waals surface area contributed by atoms with Gasteiger partial charge in [-0.15, -0.1) is 0 Å². The van der Waals surface area contributed by atoms with E-state index >= 15 is 0 Å². The molecule has 122 valence electrons. The van der Waals surface area contributed by atoms with Crippen LogP contribution >= 0.6 is 0 Å². The van der Waals surface area contributed by atoms with E-state index in [2.05, 4.69) is 50.3 Å². The van der Waals surface area contributed by atoms with Crippen molar-refractivity contribution in [3.8, 4) is 0 Å². The van der Waals surface area contributed by atoms with E-state index in [0.29, 0.717) is 0 Å². The smallest absolute Gasteiger partial charge is 1.00 e. The third kappa shape index (κ3) is 3.76. The molecule has 8 bridgehead atoms. The molecule has 4 nitrogen and oxygen atoms in total. The molecule has 0 atom stereocenters. The zero-order valence-corrected chi connectivity index (χ0v) is 17.3. The number of halogens is 1. The summed E-state index contributed by atoms with van der Waals surface area (Å²) in [6.07, 6.45) is 8.05. The van der Waals surface area contributed by atoms with E-state index in [4.69, 9.17) is 0 Å². The summed E-state index contributed by atoms with van der Waals surface area (Å²) in [6, 6.07) is 16.4. The van der Waals surface area contributed by atoms with Crippen LogP contribution in [-0.4, -0.2) is 43.8 Å². The quantitative estimate of drug-likeness (QED) is 0.339. The average molecular weight is 465 g/mol. The third-order valence-electron chi connectivity index (χ3n) is 4.04. The van der Waals surface area contributed by atoms with Crippen molar-refractivity contribution >= 4 is 70.3 Å². The van der Waals surface area contributed by atoms with Gasteiger partial charge in [-0.1, -0.05) is 0 Å². The molecule has 0 spiro atoms. The number of hydrogen-bond acceptors (Lipinski definition) is 2. The summed E-state index contributed by atoms with van der Waals surface area (Å²) in [6.45, 7) is 0. The fourth-order valence-electron chi connectivity index (χ4n) is 2.94. The molecule has 2 aliphatic rings. The van der Waals surface area contributed by atoms with Crippen LogP contribution in [0.5, 0.6) is 0 Å². The largest absolute Gasteiger partial charge is 4.00 e. The van der Waals surface area contributed by atoms with Gasteiger partial charge < -0.3 is 22.4 Å². The predicted molar refractivity (Wildman–Crippen MR) is 105 cm³/mol. The van der Waals surface area contributed by atoms with Gasteiger partial charge in [-0.05, 0) is 72.8 Å². The normalized spacial score (nSPS) is 11.7. The average Bonchev–Trinajstić information content (AvgIpc) is 3.32. The molecule has 3 aromatic rings. The first kappa shape index (κ1) is 18.5. The summed E-state index contributed by atoms with van der Waals surface area (Å²) in [5.74, 6) is 0. The van der Waals surface area contributed by atoms with Crippen molar-refractivity contribution in [3.05, 3.63) is 71.3 Å². The van der Waals surface area contributed by atoms with E-state index in [1.54, 1.807) is 0 Å². The van der Waals surface area contributed by atoms with Gasteiger partial charge >= 0.3 is 23.9 Å². The second-order valence-electron chi connectivity index (χ2n) is 5.91. The first-order chi connectivity index (χ1) is 11.8. The Bertz CT molecular complexity index is 1080. The van der Waals surface area contributed by atoms with Crippen LogP contribution in [0.4, 0.5) is 0 Å². The maximum atomic E-state index is 4.62. The first-order valence-electron chi connectivity index (χ1n) is 7.85. The summed E-state index contributed by atoms with van der Waals surface area (Å²) in [4.78, 5) is 16.0. The maximum absolute atomic E-state index is 4.62. The number of hydrogen-bond donors (Lipinski definition) is 2. The molecule has 0 aliphatic carbocycles. The number of nitrogens with one attached hydrogen (secondary N) is 2. The third-order valence-corrected chi connectivity index (χ3v) is 4.04. The van der Waals surface area contributed by atoms with E-state index < -0.39 is 0 Å². The maximum Gasteiger partial charge on any atom is 4.00 e. The van der Waals surface area contributed by atoms with Crippen LogP contribution in [0.3, 0.4) is 0 Å². The Kier molecular flexibility index (Phi) is 5.34. The molecule has 0 aromatic carbocycles. The number of H-pyrrole nitrogens is 2. The summed E-state index contributed by atoms with van der Waals surface area (Å²) < 4.78 is 0. The topological polar surface area (TPSA) is 57.4 Å². The van der Waals surface area contributed by atoms with Crippen molar-refractivity contribution in [2.45, 2.75) is 0 Å². The number of aromatic amines is 2. The molecule has 5 rings (SSSR count). The number of fused-ring (bicyclic) bond motifs is 8. The van der Waals surface area contributed by atoms with E-state index in [1.165, 1.54) is 0 Å². The molecule has 6 heteroatoms. The summed E-state index contributed by atoms with van der Waals surface area (Å²) >= 11 is 0. The van der Waals surface area contributed by atoms with Crippen LogP contribution in [-0.2, 0) is 0 Å². The number of aromatic nitrogens is 4. The Labute approximate surface area is 173 Å². The van der Waals surface area contributed by atoms with Crippen molar-refractivity contribution in [1.82, 2.24) is 19.9 Å². The molecule has 0 saturated carbocycles. The van der Waals surface area contributed by atoms with Gasteiger partial charge in [0.25, 0.3) is 0 Å². The Hall–Kier alpha value is -2.31. The van der Waals surface area contributed by atoms with Crippen LogP contribution < -0.4 is 12.4 Å². The molecule has 0 fully saturated rings. The standard InChI is InChI=1S/C20H14N4.ClH.Sn/c1-2-14-10-16-5-6-18(23-16)12-20-8-7-19(24-20)11-17-4-3-15(22-17)9-13(1)21-14;;/h1-12,21-22H;1H;/q;;+4/p-1. The first-order valence-corrected chi connectivity index (χ1v) is 7.85. The van der Waals surface area contributed by atoms with Crippen LogP contribution in [0, 0.1) is 0 Å². The predicted octanol–water partition coefficient (Wildman–Crippen LogP) is 1.28. The molecule has 2 aliphatic heterocycles. The molecule has 0 saturated heterocycles. The molecule has 0 amide bonds. The fraction of sp³-hybridized carbons (Fsp3) is 0. The van der Waals surface area contributed by atoms with E-state index in [0.717, 1.165) is 44.8 Å². The zero-order chi connectivity index (χ0) is 15.9. The van der Waals surface area contributed by atoms with Crippen molar-refractivity contribution < 1.29 is 12.4 Å². The minimum atomic E-state index is 0. The van der Waals surface area contributed by atoms with Crippen LogP contribution in [0.2, 0.25) is 0 Å². The van der Waals surface area contributed by atoms with Gasteiger partial charge in [-0.2, -0.15) is 0 Å². The van der Waals surface area contributed by atoms with E-state index in [1.807, 2.05) is 42.5 Å². The van der Waals surface area contributed by atoms with Gasteiger partial charge in [0.2, 0.25) is 0 Å². The minimum Gasteiger partial charge on any atom is -1.00 e. The molecule has 2 N–H and O–H groups in total. The Morgan fingerprint density at radius 1 is 0.500 bits per heavy atom. The van der Waals surface area contributed by atoms with E-state index in [9.17, 15) is 0 Å². The number of nitrogens with zero attached hydrogens (tertiary/aromatic N) is 2. The molecule has 0 unspecified atom stereocenters. The summed E-state index contributed by atoms with van der Waals surface area (Å²) in [7, 11) is 0. The fourth-order valence-corrected chi connectivity index (χ4v) is 2.94. The van der Waals surface area contributed by atoms with E-state index in [-0.39, 0.29) is 36.3 Å². The van der Waals surface area contributed by atoms with Crippen LogP contribution in [0.1, 0.15) is 22.8 Å². The van der Waals surface area contributed by atoms with Gasteiger partial charge in [0.1, 0.15) is 0 Å². The van der Waals surface area contributed by atoms with Gasteiger partial charge in [0.05, 0.1) is 22.8 Å². The Morgan fingerprint density at radius 2 is 0.846 bits per heavy atom. The van der Waals surface area contributed by atoms with Gasteiger partial charge in [0.15, 0.2) is 0 Å². The van der Waals surface area contributed by atoms with Crippen LogP contribution in [0.15, 0.2) is 48.5 Å². The molecular weight excluding hydrogens is 450 g/mol. The SMILES string of the molecule is C1=Cc2cc3ccc(cc4ccc(cc5nc(cc1n2)C=C5)[nH]4)[nH]3.[Cl-].[Sn+4]. The van der Waals surface area contributed by atoms with Crippen molar-refractivity contribution in [2.75, 3.05) is 0 Å². The number of rotatable bonds is 0. The van der Waals surface area contributed by atoms with Gasteiger partial charge in [-0.3, -0.25) is 0 Å². The summed E-state index contributed by atoms with van der Waals surface area (Å²) in [5, 5.41) is 0. The monoisotopic (exact) mass is 465 g/mol. The van der Waals surface area contributed by atoms with Crippen molar-refractivity contribution in [3.63, 3.8) is 0 Å². The Balaban J connectivity index is 0.000000980. The minimum absolute atomic E-state index is 0. The summed E-state index contributed by atoms with van der Waals surface area (Å²) in [5.41, 5.74) is 7.86. The molecule has 0 radical (unpaired) electrons. The second-order valence-corrected chi connectivity index (χ2v) is 5.91. The van der Waals surface area contributed by atoms with Gasteiger partial charge in [-0.25, -0.2) is 9.97 Å². The second kappa shape index (κ2) is 7.51. The van der Waals surface area contributed by atoms with Crippen molar-refractivity contribution in [2.24, 2.45) is 0 Å². The molecular formula is C20H14ClN4Sn+3. The Morgan fingerprint density at radius 3 is 1.27 bits per heavy atom. The van der Waals surface area contributed by atoms with Crippen LogP contribution in [0.25, 0.3) is 46.4 Å². The molecule has 26 heavy (non-hydrogen) atoms. The molecule has 3 aromatic heterocycles. The van der Waals surface area contributed by atoms with Gasteiger partial charge in [0, 0.05) is 22.1 Å². The van der Waals surface area contributed by atoms with Crippen molar-refractivity contribution in [1.29, 1.82) is 0 Å². The molecule has 5 heterocycles. The zero-order valence-electron chi connectivity index (χ0n) is 13.7.